The molecule has 1 heterocycles. The van der Waals surface area contributed by atoms with Gasteiger partial charge in [0.25, 0.3) is 0 Å². The molecule has 1 aromatic rings. The SMILES string of the molecule is CCCC1CCC(C2CCC(C3CCc4cc(C(C)O)c(F)c(F)c4O3)CC2)CC1. The maximum Gasteiger partial charge on any atom is 0.201 e. The van der Waals surface area contributed by atoms with E-state index in [4.69, 9.17) is 4.74 Å². The van der Waals surface area contributed by atoms with Gasteiger partial charge in [0.15, 0.2) is 11.6 Å². The van der Waals surface area contributed by atoms with Crippen LogP contribution in [0.15, 0.2) is 6.07 Å². The molecule has 2 atom stereocenters. The molecule has 0 bridgehead atoms. The highest BCUT2D eigenvalue weighted by atomic mass is 19.2. The Bertz CT molecular complexity index is 716. The first-order valence-electron chi connectivity index (χ1n) is 12.3. The van der Waals surface area contributed by atoms with Gasteiger partial charge in [0.1, 0.15) is 6.10 Å². The fourth-order valence-corrected chi connectivity index (χ4v) is 6.49. The van der Waals surface area contributed by atoms with E-state index in [1.54, 1.807) is 6.07 Å². The largest absolute Gasteiger partial charge is 0.487 e. The van der Waals surface area contributed by atoms with E-state index in [-0.39, 0.29) is 17.4 Å². The molecule has 1 aromatic carbocycles. The van der Waals surface area contributed by atoms with Crippen molar-refractivity contribution < 1.29 is 18.6 Å². The van der Waals surface area contributed by atoms with Gasteiger partial charge in [-0.15, -0.1) is 0 Å². The molecule has 1 aliphatic heterocycles. The smallest absolute Gasteiger partial charge is 0.201 e. The van der Waals surface area contributed by atoms with E-state index in [1.165, 1.54) is 58.3 Å². The molecule has 2 saturated carbocycles. The lowest BCUT2D eigenvalue weighted by Crippen LogP contribution is -2.35. The first kappa shape index (κ1) is 22.0. The van der Waals surface area contributed by atoms with Gasteiger partial charge in [-0.2, -0.15) is 4.39 Å². The summed E-state index contributed by atoms with van der Waals surface area (Å²) in [7, 11) is 0. The minimum Gasteiger partial charge on any atom is -0.487 e. The normalized spacial score (nSPS) is 32.9. The first-order valence-corrected chi connectivity index (χ1v) is 12.3. The molecule has 1 N–H and O–H groups in total. The van der Waals surface area contributed by atoms with E-state index in [2.05, 4.69) is 6.92 Å². The van der Waals surface area contributed by atoms with Crippen LogP contribution in [0.3, 0.4) is 0 Å². The van der Waals surface area contributed by atoms with Crippen molar-refractivity contribution in [3.63, 3.8) is 0 Å². The minimum absolute atomic E-state index is 0.00922. The van der Waals surface area contributed by atoms with Crippen molar-refractivity contribution in [2.24, 2.45) is 23.7 Å². The Morgan fingerprint density at radius 1 is 0.933 bits per heavy atom. The van der Waals surface area contributed by atoms with Crippen LogP contribution in [0.25, 0.3) is 0 Å². The quantitative estimate of drug-likeness (QED) is 0.549. The number of aliphatic hydroxyl groups excluding tert-OH is 1. The number of halogens is 2. The van der Waals surface area contributed by atoms with Crippen LogP contribution in [0.1, 0.15) is 102 Å². The van der Waals surface area contributed by atoms with Gasteiger partial charge in [-0.1, -0.05) is 32.6 Å². The first-order chi connectivity index (χ1) is 14.5. The number of hydrogen-bond donors (Lipinski definition) is 1. The fourth-order valence-electron chi connectivity index (χ4n) is 6.49. The van der Waals surface area contributed by atoms with Crippen LogP contribution in [0.4, 0.5) is 8.78 Å². The van der Waals surface area contributed by atoms with Crippen molar-refractivity contribution in [2.45, 2.75) is 103 Å². The zero-order valence-corrected chi connectivity index (χ0v) is 18.6. The lowest BCUT2D eigenvalue weighted by molar-refractivity contribution is 0.0561. The monoisotopic (exact) mass is 420 g/mol. The summed E-state index contributed by atoms with van der Waals surface area (Å²) >= 11 is 0. The predicted molar refractivity (Wildman–Crippen MR) is 116 cm³/mol. The molecule has 2 fully saturated rings. The Hall–Kier alpha value is -1.16. The molecule has 0 radical (unpaired) electrons. The van der Waals surface area contributed by atoms with Gasteiger partial charge in [0, 0.05) is 5.56 Å². The van der Waals surface area contributed by atoms with Crippen LogP contribution < -0.4 is 4.74 Å². The Morgan fingerprint density at radius 2 is 1.53 bits per heavy atom. The molecule has 3 aliphatic rings. The molecule has 2 unspecified atom stereocenters. The summed E-state index contributed by atoms with van der Waals surface area (Å²) in [6, 6.07) is 1.58. The van der Waals surface area contributed by atoms with Crippen LogP contribution in [0.5, 0.6) is 5.75 Å². The Balaban J connectivity index is 1.33. The van der Waals surface area contributed by atoms with Crippen LogP contribution in [0, 0.1) is 35.3 Å². The number of fused-ring (bicyclic) bond motifs is 1. The molecule has 168 valence electrons. The van der Waals surface area contributed by atoms with E-state index in [1.807, 2.05) is 0 Å². The van der Waals surface area contributed by atoms with Gasteiger partial charge in [0.05, 0.1) is 6.10 Å². The van der Waals surface area contributed by atoms with Crippen molar-refractivity contribution in [1.82, 2.24) is 0 Å². The molecular formula is C26H38F2O2. The summed E-state index contributed by atoms with van der Waals surface area (Å²) in [5.74, 6) is 1.36. The number of benzene rings is 1. The summed E-state index contributed by atoms with van der Waals surface area (Å²) in [6.07, 6.45) is 13.7. The van der Waals surface area contributed by atoms with Crippen LogP contribution in [-0.4, -0.2) is 11.2 Å². The standard InChI is InChI=1S/C26H38F2O2/c1-3-4-17-5-7-18(8-6-17)19-9-11-20(12-10-19)23-14-13-21-15-22(16(2)29)24(27)25(28)26(21)30-23/h15-20,23,29H,3-14H2,1-2H3. The second-order valence-corrected chi connectivity index (χ2v) is 10.2. The zero-order valence-electron chi connectivity index (χ0n) is 18.6. The molecule has 30 heavy (non-hydrogen) atoms. The topological polar surface area (TPSA) is 29.5 Å². The zero-order chi connectivity index (χ0) is 21.3. The number of aryl methyl sites for hydroxylation is 1. The van der Waals surface area contributed by atoms with Gasteiger partial charge in [-0.05, 0) is 93.6 Å². The Morgan fingerprint density at radius 3 is 2.13 bits per heavy atom. The molecule has 2 nitrogen and oxygen atoms in total. The average Bonchev–Trinajstić information content (AvgIpc) is 2.77. The maximum atomic E-state index is 14.6. The summed E-state index contributed by atoms with van der Waals surface area (Å²) in [5.41, 5.74) is 0.723. The van der Waals surface area contributed by atoms with E-state index in [0.29, 0.717) is 17.9 Å². The lowest BCUT2D eigenvalue weighted by Gasteiger charge is -2.40. The minimum atomic E-state index is -1.02. The van der Waals surface area contributed by atoms with Gasteiger partial charge >= 0.3 is 0 Å². The Kier molecular flexibility index (Phi) is 7.01. The molecule has 4 rings (SSSR count). The predicted octanol–water partition coefficient (Wildman–Crippen LogP) is 7.12. The highest BCUT2D eigenvalue weighted by Crippen LogP contribution is 2.45. The molecular weight excluding hydrogens is 382 g/mol. The lowest BCUT2D eigenvalue weighted by atomic mass is 9.67. The summed E-state index contributed by atoms with van der Waals surface area (Å²) < 4.78 is 35.0. The number of aliphatic hydroxyl groups is 1. The van der Waals surface area contributed by atoms with Gasteiger partial charge in [-0.3, -0.25) is 0 Å². The second-order valence-electron chi connectivity index (χ2n) is 10.2. The van der Waals surface area contributed by atoms with Crippen LogP contribution >= 0.6 is 0 Å². The third-order valence-corrected chi connectivity index (χ3v) is 8.28. The second kappa shape index (κ2) is 9.54. The molecule has 0 amide bonds. The third-order valence-electron chi connectivity index (χ3n) is 8.28. The highest BCUT2D eigenvalue weighted by Gasteiger charge is 2.36. The number of rotatable bonds is 5. The van der Waals surface area contributed by atoms with Crippen molar-refractivity contribution in [1.29, 1.82) is 0 Å². The molecule has 0 spiro atoms. The van der Waals surface area contributed by atoms with Gasteiger partial charge < -0.3 is 9.84 Å². The van der Waals surface area contributed by atoms with E-state index in [0.717, 1.165) is 37.0 Å². The van der Waals surface area contributed by atoms with E-state index < -0.39 is 17.7 Å². The van der Waals surface area contributed by atoms with Crippen molar-refractivity contribution in [3.05, 3.63) is 28.8 Å². The highest BCUT2D eigenvalue weighted by molar-refractivity contribution is 5.42. The Labute approximate surface area is 180 Å². The van der Waals surface area contributed by atoms with Crippen molar-refractivity contribution in [3.8, 4) is 5.75 Å². The van der Waals surface area contributed by atoms with Crippen LogP contribution in [-0.2, 0) is 6.42 Å². The van der Waals surface area contributed by atoms with Crippen molar-refractivity contribution in [2.75, 3.05) is 0 Å². The van der Waals surface area contributed by atoms with E-state index >= 15 is 0 Å². The van der Waals surface area contributed by atoms with Gasteiger partial charge in [0.2, 0.25) is 5.82 Å². The molecule has 0 saturated heterocycles. The third kappa shape index (κ3) is 4.54. The fraction of sp³-hybridized carbons (Fsp3) is 0.769. The van der Waals surface area contributed by atoms with Crippen LogP contribution in [0.2, 0.25) is 0 Å². The van der Waals surface area contributed by atoms with Gasteiger partial charge in [-0.25, -0.2) is 4.39 Å². The number of ether oxygens (including phenoxy) is 1. The van der Waals surface area contributed by atoms with Crippen molar-refractivity contribution >= 4 is 0 Å². The number of hydrogen-bond acceptors (Lipinski definition) is 2. The summed E-state index contributed by atoms with van der Waals surface area (Å²) in [6.45, 7) is 3.76. The molecule has 0 aromatic heterocycles. The summed E-state index contributed by atoms with van der Waals surface area (Å²) in [5, 5.41) is 9.71. The average molecular weight is 421 g/mol. The molecule has 4 heteroatoms. The maximum absolute atomic E-state index is 14.6. The van der Waals surface area contributed by atoms with E-state index in [9.17, 15) is 13.9 Å². The summed E-state index contributed by atoms with van der Waals surface area (Å²) in [4.78, 5) is 0. The molecule has 2 aliphatic carbocycles.